The number of aryl methyl sites for hydroxylation is 1. The minimum atomic E-state index is 1.07. The van der Waals surface area contributed by atoms with Crippen LogP contribution in [0.2, 0.25) is 0 Å². The molecule has 0 saturated heterocycles. The fourth-order valence-corrected chi connectivity index (χ4v) is 1.90. The summed E-state index contributed by atoms with van der Waals surface area (Å²) in [5.41, 5.74) is 2.71. The summed E-state index contributed by atoms with van der Waals surface area (Å²) in [4.78, 5) is 1.07. The predicted octanol–water partition coefficient (Wildman–Crippen LogP) is 4.00. The van der Waals surface area contributed by atoms with Crippen LogP contribution in [0.4, 0.5) is 0 Å². The number of hydrogen-bond acceptors (Lipinski definition) is 1. The SMILES string of the molecule is CCCc1ccc(Br)c(S)c1C. The van der Waals surface area contributed by atoms with E-state index in [1.54, 1.807) is 0 Å². The van der Waals surface area contributed by atoms with Crippen molar-refractivity contribution in [2.75, 3.05) is 0 Å². The highest BCUT2D eigenvalue weighted by molar-refractivity contribution is 9.10. The molecule has 0 fully saturated rings. The molecule has 0 bridgehead atoms. The highest BCUT2D eigenvalue weighted by Gasteiger charge is 2.03. The topological polar surface area (TPSA) is 0 Å². The van der Waals surface area contributed by atoms with Crippen molar-refractivity contribution in [1.82, 2.24) is 0 Å². The maximum absolute atomic E-state index is 4.43. The Morgan fingerprint density at radius 3 is 2.67 bits per heavy atom. The van der Waals surface area contributed by atoms with Gasteiger partial charge in [0.1, 0.15) is 0 Å². The number of thiol groups is 1. The van der Waals surface area contributed by atoms with Crippen molar-refractivity contribution in [3.63, 3.8) is 0 Å². The van der Waals surface area contributed by atoms with E-state index in [9.17, 15) is 0 Å². The molecular formula is C10H13BrS. The van der Waals surface area contributed by atoms with Crippen molar-refractivity contribution in [2.24, 2.45) is 0 Å². The minimum absolute atomic E-state index is 1.07. The van der Waals surface area contributed by atoms with Crippen LogP contribution in [0.5, 0.6) is 0 Å². The zero-order valence-electron chi connectivity index (χ0n) is 7.39. The van der Waals surface area contributed by atoms with E-state index in [0.29, 0.717) is 0 Å². The smallest absolute Gasteiger partial charge is 0.0311 e. The number of rotatable bonds is 2. The Bertz CT molecular complexity index is 281. The third-order valence-electron chi connectivity index (χ3n) is 2.01. The van der Waals surface area contributed by atoms with Gasteiger partial charge in [-0.25, -0.2) is 0 Å². The molecule has 0 radical (unpaired) electrons. The zero-order valence-corrected chi connectivity index (χ0v) is 9.87. The van der Waals surface area contributed by atoms with E-state index < -0.39 is 0 Å². The van der Waals surface area contributed by atoms with Gasteiger partial charge in [-0.2, -0.15) is 0 Å². The van der Waals surface area contributed by atoms with E-state index in [0.717, 1.165) is 15.8 Å². The van der Waals surface area contributed by atoms with Gasteiger partial charge in [-0.05, 0) is 46.5 Å². The first kappa shape index (κ1) is 10.1. The fourth-order valence-electron chi connectivity index (χ4n) is 1.25. The Morgan fingerprint density at radius 2 is 2.08 bits per heavy atom. The third-order valence-corrected chi connectivity index (χ3v) is 3.56. The van der Waals surface area contributed by atoms with Gasteiger partial charge in [0.25, 0.3) is 0 Å². The summed E-state index contributed by atoms with van der Waals surface area (Å²) in [7, 11) is 0. The van der Waals surface area contributed by atoms with E-state index in [-0.39, 0.29) is 0 Å². The molecule has 0 aliphatic rings. The van der Waals surface area contributed by atoms with Gasteiger partial charge in [0.2, 0.25) is 0 Å². The summed E-state index contributed by atoms with van der Waals surface area (Å²) in [5, 5.41) is 0. The van der Waals surface area contributed by atoms with Gasteiger partial charge in [0.05, 0.1) is 0 Å². The molecule has 1 rings (SSSR count). The second kappa shape index (κ2) is 4.33. The van der Waals surface area contributed by atoms with Gasteiger partial charge in [-0.1, -0.05) is 19.4 Å². The van der Waals surface area contributed by atoms with Crippen molar-refractivity contribution in [1.29, 1.82) is 0 Å². The van der Waals surface area contributed by atoms with Crippen LogP contribution in [0.3, 0.4) is 0 Å². The molecule has 12 heavy (non-hydrogen) atoms. The largest absolute Gasteiger partial charge is 0.142 e. The Hall–Kier alpha value is 0.0500. The van der Waals surface area contributed by atoms with Crippen molar-refractivity contribution in [2.45, 2.75) is 31.6 Å². The van der Waals surface area contributed by atoms with Crippen LogP contribution >= 0.6 is 28.6 Å². The van der Waals surface area contributed by atoms with Crippen LogP contribution in [0.1, 0.15) is 24.5 Å². The van der Waals surface area contributed by atoms with Crippen molar-refractivity contribution in [3.05, 3.63) is 27.7 Å². The highest BCUT2D eigenvalue weighted by Crippen LogP contribution is 2.27. The summed E-state index contributed by atoms with van der Waals surface area (Å²) >= 11 is 7.88. The normalized spacial score (nSPS) is 10.3. The summed E-state index contributed by atoms with van der Waals surface area (Å²) < 4.78 is 1.09. The van der Waals surface area contributed by atoms with Crippen LogP contribution < -0.4 is 0 Å². The molecule has 0 spiro atoms. The van der Waals surface area contributed by atoms with Gasteiger partial charge >= 0.3 is 0 Å². The van der Waals surface area contributed by atoms with Crippen LogP contribution in [0.15, 0.2) is 21.5 Å². The monoisotopic (exact) mass is 244 g/mol. The molecule has 0 atom stereocenters. The molecule has 2 heteroatoms. The number of halogens is 1. The van der Waals surface area contributed by atoms with Gasteiger partial charge < -0.3 is 0 Å². The summed E-state index contributed by atoms with van der Waals surface area (Å²) in [6, 6.07) is 4.24. The Morgan fingerprint density at radius 1 is 1.42 bits per heavy atom. The molecule has 66 valence electrons. The lowest BCUT2D eigenvalue weighted by Crippen LogP contribution is -1.90. The quantitative estimate of drug-likeness (QED) is 0.748. The van der Waals surface area contributed by atoms with Gasteiger partial charge in [0.15, 0.2) is 0 Å². The number of hydrogen-bond donors (Lipinski definition) is 1. The van der Waals surface area contributed by atoms with E-state index in [1.165, 1.54) is 17.5 Å². The first-order valence-corrected chi connectivity index (χ1v) is 5.37. The maximum Gasteiger partial charge on any atom is 0.0311 e. The summed E-state index contributed by atoms with van der Waals surface area (Å²) in [6.45, 7) is 4.32. The second-order valence-electron chi connectivity index (χ2n) is 2.93. The Kier molecular flexibility index (Phi) is 3.66. The second-order valence-corrected chi connectivity index (χ2v) is 4.23. The van der Waals surface area contributed by atoms with Gasteiger partial charge in [0, 0.05) is 9.37 Å². The van der Waals surface area contributed by atoms with Crippen LogP contribution in [0.25, 0.3) is 0 Å². The molecule has 0 unspecified atom stereocenters. The molecule has 0 amide bonds. The van der Waals surface area contributed by atoms with E-state index in [4.69, 9.17) is 0 Å². The van der Waals surface area contributed by atoms with Crippen LogP contribution in [0, 0.1) is 6.92 Å². The van der Waals surface area contributed by atoms with E-state index in [1.807, 2.05) is 0 Å². The van der Waals surface area contributed by atoms with Crippen LogP contribution in [-0.2, 0) is 6.42 Å². The molecular weight excluding hydrogens is 232 g/mol. The van der Waals surface area contributed by atoms with Gasteiger partial charge in [-0.15, -0.1) is 12.6 Å². The maximum atomic E-state index is 4.43. The number of benzene rings is 1. The van der Waals surface area contributed by atoms with Crippen molar-refractivity contribution < 1.29 is 0 Å². The fraction of sp³-hybridized carbons (Fsp3) is 0.400. The lowest BCUT2D eigenvalue weighted by molar-refractivity contribution is 0.904. The Balaban J connectivity index is 3.08. The standard InChI is InChI=1S/C10H13BrS/c1-3-4-8-5-6-9(11)10(12)7(8)2/h5-6,12H,3-4H2,1-2H3. The average molecular weight is 245 g/mol. The zero-order chi connectivity index (χ0) is 9.14. The van der Waals surface area contributed by atoms with Gasteiger partial charge in [-0.3, -0.25) is 0 Å². The van der Waals surface area contributed by atoms with Crippen LogP contribution in [-0.4, -0.2) is 0 Å². The van der Waals surface area contributed by atoms with Crippen molar-refractivity contribution >= 4 is 28.6 Å². The molecule has 0 nitrogen and oxygen atoms in total. The first-order valence-electron chi connectivity index (χ1n) is 4.13. The molecule has 1 aromatic carbocycles. The van der Waals surface area contributed by atoms with E-state index >= 15 is 0 Å². The lowest BCUT2D eigenvalue weighted by atomic mass is 10.0. The minimum Gasteiger partial charge on any atom is -0.142 e. The lowest BCUT2D eigenvalue weighted by Gasteiger charge is -2.08. The molecule has 0 heterocycles. The average Bonchev–Trinajstić information content (AvgIpc) is 2.07. The first-order chi connectivity index (χ1) is 5.66. The molecule has 0 saturated carbocycles. The molecule has 0 N–H and O–H groups in total. The molecule has 0 aliphatic carbocycles. The summed E-state index contributed by atoms with van der Waals surface area (Å²) in [6.07, 6.45) is 2.34. The van der Waals surface area contributed by atoms with Crippen molar-refractivity contribution in [3.8, 4) is 0 Å². The molecule has 1 aromatic rings. The highest BCUT2D eigenvalue weighted by atomic mass is 79.9. The van der Waals surface area contributed by atoms with E-state index in [2.05, 4.69) is 54.5 Å². The Labute approximate surface area is 87.9 Å². The molecule has 0 aliphatic heterocycles. The molecule has 0 aromatic heterocycles. The summed E-state index contributed by atoms with van der Waals surface area (Å²) in [5.74, 6) is 0. The predicted molar refractivity (Wildman–Crippen MR) is 60.1 cm³/mol. The third kappa shape index (κ3) is 2.05.